The van der Waals surface area contributed by atoms with Crippen LogP contribution in [-0.2, 0) is 27.9 Å². The zero-order chi connectivity index (χ0) is 28.1. The van der Waals surface area contributed by atoms with Crippen LogP contribution in [0.2, 0.25) is 0 Å². The number of benzene rings is 4. The number of amides is 1. The van der Waals surface area contributed by atoms with Crippen molar-refractivity contribution in [3.8, 4) is 16.9 Å². The van der Waals surface area contributed by atoms with Crippen LogP contribution in [0.1, 0.15) is 23.6 Å². The van der Waals surface area contributed by atoms with Gasteiger partial charge in [0.1, 0.15) is 0 Å². The second-order valence-electron chi connectivity index (χ2n) is 9.61. The molecular weight excluding hydrogens is 520 g/mol. The van der Waals surface area contributed by atoms with Crippen molar-refractivity contribution in [2.45, 2.75) is 31.8 Å². The van der Waals surface area contributed by atoms with Crippen molar-refractivity contribution < 1.29 is 13.2 Å². The average molecular weight is 551 g/mol. The van der Waals surface area contributed by atoms with Gasteiger partial charge in [-0.3, -0.25) is 4.79 Å². The number of nitrogens with one attached hydrogen (secondary N) is 1. The van der Waals surface area contributed by atoms with Crippen LogP contribution in [-0.4, -0.2) is 28.4 Å². The van der Waals surface area contributed by atoms with Crippen molar-refractivity contribution in [3.63, 3.8) is 0 Å². The van der Waals surface area contributed by atoms with Crippen molar-refractivity contribution in [2.75, 3.05) is 5.32 Å². The van der Waals surface area contributed by atoms with Crippen molar-refractivity contribution in [1.29, 1.82) is 0 Å². The van der Waals surface area contributed by atoms with Crippen LogP contribution < -0.4 is 5.32 Å². The van der Waals surface area contributed by atoms with Gasteiger partial charge in [0.25, 0.3) is 0 Å². The fraction of sp³-hybridized carbons (Fsp3) is 0.125. The summed E-state index contributed by atoms with van der Waals surface area (Å²) in [6, 6.07) is 33.6. The Balaban J connectivity index is 1.57. The van der Waals surface area contributed by atoms with Crippen LogP contribution in [0.25, 0.3) is 16.9 Å². The minimum absolute atomic E-state index is 0.112. The number of aryl methyl sites for hydroxylation is 1. The smallest absolute Gasteiger partial charge is 0.243 e. The number of hydrogen-bond acceptors (Lipinski definition) is 4. The Hall–Kier alpha value is -4.53. The molecule has 5 aromatic rings. The van der Waals surface area contributed by atoms with Gasteiger partial charge in [-0.2, -0.15) is 9.40 Å². The highest BCUT2D eigenvalue weighted by atomic mass is 32.2. The third kappa shape index (κ3) is 6.20. The third-order valence-corrected chi connectivity index (χ3v) is 8.30. The molecule has 40 heavy (non-hydrogen) atoms. The summed E-state index contributed by atoms with van der Waals surface area (Å²) in [4.78, 5) is 11.6. The van der Waals surface area contributed by atoms with E-state index in [4.69, 9.17) is 5.10 Å². The lowest BCUT2D eigenvalue weighted by atomic mass is 10.1. The highest BCUT2D eigenvalue weighted by Gasteiger charge is 2.27. The lowest BCUT2D eigenvalue weighted by Crippen LogP contribution is -2.30. The minimum atomic E-state index is -3.92. The van der Waals surface area contributed by atoms with Crippen LogP contribution in [0.3, 0.4) is 0 Å². The molecule has 1 N–H and O–H groups in total. The Morgan fingerprint density at radius 1 is 0.825 bits per heavy atom. The minimum Gasteiger partial charge on any atom is -0.326 e. The summed E-state index contributed by atoms with van der Waals surface area (Å²) in [7, 11) is -3.92. The number of aromatic nitrogens is 2. The topological polar surface area (TPSA) is 84.3 Å². The Kier molecular flexibility index (Phi) is 7.91. The molecule has 1 amide bonds. The second kappa shape index (κ2) is 11.7. The van der Waals surface area contributed by atoms with Crippen molar-refractivity contribution in [1.82, 2.24) is 14.1 Å². The number of sulfonamides is 1. The number of carbonyl (C=O) groups excluding carboxylic acids is 1. The molecule has 0 aliphatic carbocycles. The molecule has 7 nitrogen and oxygen atoms in total. The van der Waals surface area contributed by atoms with Crippen molar-refractivity contribution >= 4 is 21.6 Å². The molecule has 202 valence electrons. The van der Waals surface area contributed by atoms with E-state index in [1.54, 1.807) is 16.8 Å². The zero-order valence-electron chi connectivity index (χ0n) is 22.4. The second-order valence-corrected chi connectivity index (χ2v) is 11.6. The van der Waals surface area contributed by atoms with Gasteiger partial charge in [0.2, 0.25) is 15.9 Å². The molecule has 0 spiro atoms. The predicted molar refractivity (Wildman–Crippen MR) is 157 cm³/mol. The molecule has 8 heteroatoms. The number of para-hydroxylation sites is 1. The van der Waals surface area contributed by atoms with Crippen molar-refractivity contribution in [2.24, 2.45) is 0 Å². The Bertz CT molecular complexity index is 1700. The number of hydrogen-bond donors (Lipinski definition) is 1. The molecule has 1 aromatic heterocycles. The zero-order valence-corrected chi connectivity index (χ0v) is 23.2. The number of carbonyl (C=O) groups is 1. The maximum Gasteiger partial charge on any atom is 0.243 e. The molecule has 0 radical (unpaired) electrons. The van der Waals surface area contributed by atoms with Gasteiger partial charge in [0, 0.05) is 43.0 Å². The van der Waals surface area contributed by atoms with Crippen LogP contribution in [0.5, 0.6) is 0 Å². The van der Waals surface area contributed by atoms with Gasteiger partial charge in [-0.15, -0.1) is 0 Å². The van der Waals surface area contributed by atoms with Gasteiger partial charge < -0.3 is 5.32 Å². The van der Waals surface area contributed by atoms with E-state index >= 15 is 0 Å². The summed E-state index contributed by atoms with van der Waals surface area (Å²) < 4.78 is 31.4. The molecule has 5 rings (SSSR count). The number of nitrogens with zero attached hydrogens (tertiary/aromatic N) is 3. The van der Waals surface area contributed by atoms with Crippen molar-refractivity contribution in [3.05, 3.63) is 132 Å². The van der Waals surface area contributed by atoms with Gasteiger partial charge in [-0.25, -0.2) is 13.1 Å². The maximum atomic E-state index is 14.1. The van der Waals surface area contributed by atoms with E-state index in [9.17, 15) is 13.2 Å². The first kappa shape index (κ1) is 27.1. The van der Waals surface area contributed by atoms with Gasteiger partial charge in [-0.05, 0) is 48.9 Å². The Morgan fingerprint density at radius 3 is 2.08 bits per heavy atom. The Morgan fingerprint density at radius 2 is 1.45 bits per heavy atom. The summed E-state index contributed by atoms with van der Waals surface area (Å²) in [5, 5.41) is 7.57. The molecule has 0 unspecified atom stereocenters. The fourth-order valence-electron chi connectivity index (χ4n) is 4.46. The lowest BCUT2D eigenvalue weighted by Gasteiger charge is -2.23. The molecule has 0 aliphatic heterocycles. The van der Waals surface area contributed by atoms with E-state index in [0.29, 0.717) is 5.69 Å². The van der Waals surface area contributed by atoms with Gasteiger partial charge in [-0.1, -0.05) is 78.4 Å². The van der Waals surface area contributed by atoms with E-state index in [-0.39, 0.29) is 23.9 Å². The molecule has 0 fully saturated rings. The maximum absolute atomic E-state index is 14.1. The number of rotatable bonds is 9. The normalized spacial score (nSPS) is 11.5. The summed E-state index contributed by atoms with van der Waals surface area (Å²) in [6.45, 7) is 3.73. The summed E-state index contributed by atoms with van der Waals surface area (Å²) in [6.07, 6.45) is 1.90. The van der Waals surface area contributed by atoms with E-state index in [1.165, 1.54) is 23.4 Å². The molecule has 0 aliphatic rings. The number of anilines is 1. The Labute approximate surface area is 234 Å². The summed E-state index contributed by atoms with van der Waals surface area (Å²) in [5.41, 5.74) is 5.82. The average Bonchev–Trinajstić information content (AvgIpc) is 3.38. The first-order chi connectivity index (χ1) is 19.3. The highest BCUT2D eigenvalue weighted by molar-refractivity contribution is 7.89. The van der Waals surface area contributed by atoms with Crippen LogP contribution in [0.15, 0.2) is 120 Å². The largest absolute Gasteiger partial charge is 0.326 e. The lowest BCUT2D eigenvalue weighted by molar-refractivity contribution is -0.114. The summed E-state index contributed by atoms with van der Waals surface area (Å²) in [5.74, 6) is -0.222. The molecular formula is C32H30N4O3S. The van der Waals surface area contributed by atoms with E-state index in [1.807, 2.05) is 98.0 Å². The molecule has 0 saturated heterocycles. The SMILES string of the molecule is CC(=O)Nc1ccc(S(=O)(=O)N(Cc2ccccc2)Cc2cn(-c3ccccc3)nc2-c2ccc(C)cc2)cc1. The summed E-state index contributed by atoms with van der Waals surface area (Å²) >= 11 is 0. The van der Waals surface area contributed by atoms with E-state index in [0.717, 1.165) is 33.6 Å². The fourth-order valence-corrected chi connectivity index (χ4v) is 5.86. The molecule has 1 heterocycles. The predicted octanol–water partition coefficient (Wildman–Crippen LogP) is 6.20. The van der Waals surface area contributed by atoms with E-state index in [2.05, 4.69) is 5.32 Å². The molecule has 0 saturated carbocycles. The van der Waals surface area contributed by atoms with Gasteiger partial charge in [0.05, 0.1) is 16.3 Å². The van der Waals surface area contributed by atoms with Crippen LogP contribution in [0.4, 0.5) is 5.69 Å². The van der Waals surface area contributed by atoms with Gasteiger partial charge in [0.15, 0.2) is 0 Å². The first-order valence-corrected chi connectivity index (χ1v) is 14.4. The molecule has 4 aromatic carbocycles. The molecule has 0 bridgehead atoms. The van der Waals surface area contributed by atoms with Gasteiger partial charge >= 0.3 is 0 Å². The third-order valence-electron chi connectivity index (χ3n) is 6.50. The van der Waals surface area contributed by atoms with Crippen LogP contribution in [0, 0.1) is 6.92 Å². The first-order valence-electron chi connectivity index (χ1n) is 12.9. The quantitative estimate of drug-likeness (QED) is 0.237. The van der Waals surface area contributed by atoms with E-state index < -0.39 is 10.0 Å². The van der Waals surface area contributed by atoms with Crippen LogP contribution >= 0.6 is 0 Å². The highest BCUT2D eigenvalue weighted by Crippen LogP contribution is 2.29. The molecule has 0 atom stereocenters. The standard InChI is InChI=1S/C32H30N4O3S/c1-24-13-15-27(16-14-24)32-28(23-36(34-32)30-11-7-4-8-12-30)22-35(21-26-9-5-3-6-10-26)40(38,39)31-19-17-29(18-20-31)33-25(2)37/h3-20,23H,21-22H2,1-2H3,(H,33,37). The monoisotopic (exact) mass is 550 g/mol.